The fourth-order valence-corrected chi connectivity index (χ4v) is 1.99. The predicted octanol–water partition coefficient (Wildman–Crippen LogP) is 0.956. The van der Waals surface area contributed by atoms with Crippen molar-refractivity contribution in [2.45, 2.75) is 32.6 Å². The second-order valence-corrected chi connectivity index (χ2v) is 4.82. The van der Waals surface area contributed by atoms with Crippen molar-refractivity contribution in [2.75, 3.05) is 32.8 Å². The van der Waals surface area contributed by atoms with Crippen LogP contribution in [0.2, 0.25) is 0 Å². The van der Waals surface area contributed by atoms with Crippen LogP contribution in [-0.4, -0.2) is 48.9 Å². The van der Waals surface area contributed by atoms with E-state index < -0.39 is 0 Å². The zero-order valence-corrected chi connectivity index (χ0v) is 10.7. The van der Waals surface area contributed by atoms with Crippen molar-refractivity contribution >= 4 is 6.09 Å². The molecule has 0 aliphatic carbocycles. The van der Waals surface area contributed by atoms with Crippen molar-refractivity contribution in [2.24, 2.45) is 11.1 Å². The zero-order valence-electron chi connectivity index (χ0n) is 10.7. The summed E-state index contributed by atoms with van der Waals surface area (Å²) < 4.78 is 5.15. The van der Waals surface area contributed by atoms with Gasteiger partial charge in [0.15, 0.2) is 0 Å². The summed E-state index contributed by atoms with van der Waals surface area (Å²) in [7, 11) is 0. The third kappa shape index (κ3) is 3.85. The van der Waals surface area contributed by atoms with Crippen molar-refractivity contribution in [3.05, 3.63) is 0 Å². The van der Waals surface area contributed by atoms with Crippen LogP contribution in [-0.2, 0) is 4.74 Å². The van der Waals surface area contributed by atoms with Gasteiger partial charge < -0.3 is 20.5 Å². The van der Waals surface area contributed by atoms with Gasteiger partial charge in [-0.1, -0.05) is 13.3 Å². The average Bonchev–Trinajstić information content (AvgIpc) is 2.39. The Labute approximate surface area is 103 Å². The van der Waals surface area contributed by atoms with Gasteiger partial charge in [-0.05, 0) is 19.3 Å². The van der Waals surface area contributed by atoms with E-state index in [1.807, 2.05) is 0 Å². The number of piperidine rings is 1. The van der Waals surface area contributed by atoms with Crippen molar-refractivity contribution in [3.63, 3.8) is 0 Å². The SMILES string of the molecule is CCCCOC(=O)N1CCC(CN)(CO)CC1. The van der Waals surface area contributed by atoms with E-state index in [9.17, 15) is 9.90 Å². The van der Waals surface area contributed by atoms with Gasteiger partial charge in [0.2, 0.25) is 0 Å². The lowest BCUT2D eigenvalue weighted by molar-refractivity contribution is 0.0386. The number of nitrogens with two attached hydrogens (primary N) is 1. The number of ether oxygens (including phenoxy) is 1. The van der Waals surface area contributed by atoms with Gasteiger partial charge in [-0.25, -0.2) is 4.79 Å². The summed E-state index contributed by atoms with van der Waals surface area (Å²) in [5.41, 5.74) is 5.48. The molecule has 1 heterocycles. The van der Waals surface area contributed by atoms with Crippen LogP contribution < -0.4 is 5.73 Å². The lowest BCUT2D eigenvalue weighted by Crippen LogP contribution is -2.48. The molecule has 3 N–H and O–H groups in total. The Kier molecular flexibility index (Phi) is 5.71. The van der Waals surface area contributed by atoms with Crippen LogP contribution in [0.1, 0.15) is 32.6 Å². The van der Waals surface area contributed by atoms with Crippen LogP contribution in [0.15, 0.2) is 0 Å². The number of hydrogen-bond acceptors (Lipinski definition) is 4. The fourth-order valence-electron chi connectivity index (χ4n) is 1.99. The molecular weight excluding hydrogens is 220 g/mol. The molecule has 1 aliphatic rings. The second-order valence-electron chi connectivity index (χ2n) is 4.82. The number of rotatable bonds is 5. The smallest absolute Gasteiger partial charge is 0.409 e. The summed E-state index contributed by atoms with van der Waals surface area (Å²) in [6.45, 7) is 4.38. The summed E-state index contributed by atoms with van der Waals surface area (Å²) >= 11 is 0. The quantitative estimate of drug-likeness (QED) is 0.706. The molecule has 0 unspecified atom stereocenters. The lowest BCUT2D eigenvalue weighted by Gasteiger charge is -2.39. The number of carbonyl (C=O) groups excluding carboxylic acids is 1. The third-order valence-electron chi connectivity index (χ3n) is 3.57. The van der Waals surface area contributed by atoms with E-state index in [-0.39, 0.29) is 18.1 Å². The van der Waals surface area contributed by atoms with Crippen LogP contribution in [0, 0.1) is 5.41 Å². The maximum atomic E-state index is 11.7. The summed E-state index contributed by atoms with van der Waals surface area (Å²) in [5.74, 6) is 0. The molecule has 0 bridgehead atoms. The number of amides is 1. The minimum Gasteiger partial charge on any atom is -0.449 e. The molecule has 0 aromatic carbocycles. The van der Waals surface area contributed by atoms with Crippen molar-refractivity contribution in [3.8, 4) is 0 Å². The van der Waals surface area contributed by atoms with Crippen LogP contribution >= 0.6 is 0 Å². The highest BCUT2D eigenvalue weighted by atomic mass is 16.6. The molecule has 1 rings (SSSR count). The van der Waals surface area contributed by atoms with E-state index in [2.05, 4.69) is 6.92 Å². The Hall–Kier alpha value is -0.810. The summed E-state index contributed by atoms with van der Waals surface area (Å²) in [5, 5.41) is 9.33. The van der Waals surface area contributed by atoms with Gasteiger partial charge in [-0.15, -0.1) is 0 Å². The summed E-state index contributed by atoms with van der Waals surface area (Å²) in [4.78, 5) is 13.4. The Morgan fingerprint density at radius 3 is 2.59 bits per heavy atom. The van der Waals surface area contributed by atoms with Gasteiger partial charge in [0.1, 0.15) is 0 Å². The molecule has 1 saturated heterocycles. The second kappa shape index (κ2) is 6.81. The highest BCUT2D eigenvalue weighted by Gasteiger charge is 2.34. The first-order valence-corrected chi connectivity index (χ1v) is 6.40. The molecule has 1 aliphatic heterocycles. The topological polar surface area (TPSA) is 75.8 Å². The zero-order chi connectivity index (χ0) is 12.7. The molecule has 0 saturated carbocycles. The van der Waals surface area contributed by atoms with Crippen molar-refractivity contribution in [1.82, 2.24) is 4.90 Å². The number of carbonyl (C=O) groups is 1. The highest BCUT2D eigenvalue weighted by molar-refractivity contribution is 5.67. The molecule has 17 heavy (non-hydrogen) atoms. The van der Waals surface area contributed by atoms with Crippen molar-refractivity contribution in [1.29, 1.82) is 0 Å². The van der Waals surface area contributed by atoms with E-state index in [0.29, 0.717) is 26.2 Å². The third-order valence-corrected chi connectivity index (χ3v) is 3.57. The molecule has 0 aromatic heterocycles. The number of likely N-dealkylation sites (tertiary alicyclic amines) is 1. The van der Waals surface area contributed by atoms with Crippen LogP contribution in [0.3, 0.4) is 0 Å². The molecule has 5 nitrogen and oxygen atoms in total. The van der Waals surface area contributed by atoms with Crippen molar-refractivity contribution < 1.29 is 14.6 Å². The average molecular weight is 244 g/mol. The van der Waals surface area contributed by atoms with Gasteiger partial charge in [-0.3, -0.25) is 0 Å². The number of unbranched alkanes of at least 4 members (excludes halogenated alkanes) is 1. The van der Waals surface area contributed by atoms with Gasteiger partial charge >= 0.3 is 6.09 Å². The largest absolute Gasteiger partial charge is 0.449 e. The molecule has 100 valence electrons. The van der Waals surface area contributed by atoms with Gasteiger partial charge in [0.25, 0.3) is 0 Å². The number of aliphatic hydroxyl groups is 1. The molecule has 0 aromatic rings. The van der Waals surface area contributed by atoms with Gasteiger partial charge in [0.05, 0.1) is 13.2 Å². The molecule has 0 atom stereocenters. The molecular formula is C12H24N2O3. The van der Waals surface area contributed by atoms with E-state index in [4.69, 9.17) is 10.5 Å². The molecule has 0 radical (unpaired) electrons. The monoisotopic (exact) mass is 244 g/mol. The minimum atomic E-state index is -0.234. The van der Waals surface area contributed by atoms with E-state index in [0.717, 1.165) is 25.7 Å². The predicted molar refractivity (Wildman–Crippen MR) is 65.6 cm³/mol. The molecule has 1 amide bonds. The number of aliphatic hydroxyl groups excluding tert-OH is 1. The highest BCUT2D eigenvalue weighted by Crippen LogP contribution is 2.29. The normalized spacial score (nSPS) is 19.1. The van der Waals surface area contributed by atoms with Gasteiger partial charge in [0, 0.05) is 25.0 Å². The van der Waals surface area contributed by atoms with E-state index in [1.165, 1.54) is 0 Å². The standard InChI is InChI=1S/C12H24N2O3/c1-2-3-8-17-11(16)14-6-4-12(9-13,10-15)5-7-14/h15H,2-10,13H2,1H3. The maximum Gasteiger partial charge on any atom is 0.409 e. The first kappa shape index (κ1) is 14.3. The Balaban J connectivity index is 2.33. The summed E-state index contributed by atoms with van der Waals surface area (Å²) in [6, 6.07) is 0. The van der Waals surface area contributed by atoms with E-state index in [1.54, 1.807) is 4.90 Å². The first-order valence-electron chi connectivity index (χ1n) is 6.40. The van der Waals surface area contributed by atoms with Crippen LogP contribution in [0.25, 0.3) is 0 Å². The fraction of sp³-hybridized carbons (Fsp3) is 0.917. The van der Waals surface area contributed by atoms with Crippen LogP contribution in [0.5, 0.6) is 0 Å². The Morgan fingerprint density at radius 2 is 2.12 bits per heavy atom. The molecule has 0 spiro atoms. The first-order chi connectivity index (χ1) is 8.17. The number of hydrogen-bond donors (Lipinski definition) is 2. The molecule has 1 fully saturated rings. The maximum absolute atomic E-state index is 11.7. The summed E-state index contributed by atoms with van der Waals surface area (Å²) in [6.07, 6.45) is 3.20. The lowest BCUT2D eigenvalue weighted by atomic mass is 9.79. The Morgan fingerprint density at radius 1 is 1.47 bits per heavy atom. The minimum absolute atomic E-state index is 0.0994. The Bertz CT molecular complexity index is 232. The molecule has 5 heteroatoms. The van der Waals surface area contributed by atoms with Gasteiger partial charge in [-0.2, -0.15) is 0 Å². The number of nitrogens with zero attached hydrogens (tertiary/aromatic N) is 1. The van der Waals surface area contributed by atoms with E-state index >= 15 is 0 Å². The van der Waals surface area contributed by atoms with Crippen LogP contribution in [0.4, 0.5) is 4.79 Å².